The lowest BCUT2D eigenvalue weighted by molar-refractivity contribution is -0.141. The van der Waals surface area contributed by atoms with Crippen molar-refractivity contribution in [3.63, 3.8) is 0 Å². The third-order valence-electron chi connectivity index (χ3n) is 4.39. The van der Waals surface area contributed by atoms with Gasteiger partial charge in [-0.2, -0.15) is 0 Å². The highest BCUT2D eigenvalue weighted by Gasteiger charge is 2.30. The van der Waals surface area contributed by atoms with Crippen molar-refractivity contribution in [3.8, 4) is 0 Å². The minimum atomic E-state index is -0.427. The Morgan fingerprint density at radius 3 is 2.52 bits per heavy atom. The minimum Gasteiger partial charge on any atom is -0.453 e. The first-order valence-corrected chi connectivity index (χ1v) is 8.05. The van der Waals surface area contributed by atoms with Gasteiger partial charge in [-0.15, -0.1) is 0 Å². The van der Waals surface area contributed by atoms with E-state index in [0.717, 1.165) is 22.4 Å². The molecule has 0 saturated carbocycles. The number of benzene rings is 1. The van der Waals surface area contributed by atoms with Crippen molar-refractivity contribution < 1.29 is 23.9 Å². The molecule has 2 aliphatic heterocycles. The Hall–Kier alpha value is -2.90. The molecule has 0 atom stereocenters. The van der Waals surface area contributed by atoms with Crippen LogP contribution in [0.2, 0.25) is 0 Å². The van der Waals surface area contributed by atoms with Gasteiger partial charge >= 0.3 is 6.09 Å². The molecule has 25 heavy (non-hydrogen) atoms. The third-order valence-corrected chi connectivity index (χ3v) is 4.39. The summed E-state index contributed by atoms with van der Waals surface area (Å²) in [6.45, 7) is 0.725. The maximum absolute atomic E-state index is 12.1. The predicted molar refractivity (Wildman–Crippen MR) is 87.5 cm³/mol. The molecular weight excluding hydrogens is 326 g/mol. The standard InChI is InChI=1S/C17H19N3O5/c1-25-17(24)19-7-6-11-2-3-13(8-12(11)9-19)18-14(21)10-20-15(22)4-5-16(20)23/h2-3,8H,4-7,9-10H2,1H3,(H,18,21). The first kappa shape index (κ1) is 16.9. The Bertz CT molecular complexity index is 730. The number of carbonyl (C=O) groups excluding carboxylic acids is 4. The fourth-order valence-electron chi connectivity index (χ4n) is 3.06. The lowest BCUT2D eigenvalue weighted by atomic mass is 9.99. The van der Waals surface area contributed by atoms with Gasteiger partial charge in [-0.25, -0.2) is 4.79 Å². The zero-order chi connectivity index (χ0) is 18.0. The SMILES string of the molecule is COC(=O)N1CCc2ccc(NC(=O)CN3C(=O)CCC3=O)cc2C1. The summed E-state index contributed by atoms with van der Waals surface area (Å²) in [4.78, 5) is 49.5. The number of nitrogens with zero attached hydrogens (tertiary/aromatic N) is 2. The van der Waals surface area contributed by atoms with Crippen molar-refractivity contribution in [2.24, 2.45) is 0 Å². The molecule has 4 amide bonds. The van der Waals surface area contributed by atoms with Gasteiger partial charge in [0, 0.05) is 31.6 Å². The summed E-state index contributed by atoms with van der Waals surface area (Å²) in [5.74, 6) is -1.07. The Morgan fingerprint density at radius 1 is 1.12 bits per heavy atom. The van der Waals surface area contributed by atoms with Crippen LogP contribution in [0.1, 0.15) is 24.0 Å². The van der Waals surface area contributed by atoms with Crippen molar-refractivity contribution >= 4 is 29.5 Å². The largest absolute Gasteiger partial charge is 0.453 e. The number of carbonyl (C=O) groups is 4. The van der Waals surface area contributed by atoms with Crippen LogP contribution in [-0.4, -0.2) is 53.8 Å². The van der Waals surface area contributed by atoms with E-state index in [9.17, 15) is 19.2 Å². The van der Waals surface area contributed by atoms with Gasteiger partial charge < -0.3 is 15.0 Å². The second-order valence-corrected chi connectivity index (χ2v) is 6.05. The van der Waals surface area contributed by atoms with E-state index in [4.69, 9.17) is 4.74 Å². The second-order valence-electron chi connectivity index (χ2n) is 6.05. The molecule has 132 valence electrons. The van der Waals surface area contributed by atoms with Gasteiger partial charge in [-0.3, -0.25) is 19.3 Å². The molecule has 2 heterocycles. The fraction of sp³-hybridized carbons (Fsp3) is 0.412. The zero-order valence-corrected chi connectivity index (χ0v) is 13.9. The Kier molecular flexibility index (Phi) is 4.69. The monoisotopic (exact) mass is 345 g/mol. The summed E-state index contributed by atoms with van der Waals surface area (Å²) in [5.41, 5.74) is 2.61. The average molecular weight is 345 g/mol. The summed E-state index contributed by atoms with van der Waals surface area (Å²) in [6.07, 6.45) is 0.657. The summed E-state index contributed by atoms with van der Waals surface area (Å²) in [6, 6.07) is 5.49. The van der Waals surface area contributed by atoms with Gasteiger partial charge in [-0.1, -0.05) is 6.07 Å². The van der Waals surface area contributed by atoms with Crippen LogP contribution < -0.4 is 5.32 Å². The number of ether oxygens (including phenoxy) is 1. The van der Waals surface area contributed by atoms with E-state index in [1.807, 2.05) is 6.07 Å². The molecule has 1 N–H and O–H groups in total. The smallest absolute Gasteiger partial charge is 0.409 e. The number of methoxy groups -OCH3 is 1. The number of amides is 4. The van der Waals surface area contributed by atoms with E-state index >= 15 is 0 Å². The lowest BCUT2D eigenvalue weighted by Gasteiger charge is -2.28. The number of rotatable bonds is 3. The van der Waals surface area contributed by atoms with E-state index in [1.54, 1.807) is 17.0 Å². The van der Waals surface area contributed by atoms with Crippen LogP contribution >= 0.6 is 0 Å². The van der Waals surface area contributed by atoms with Crippen LogP contribution in [0.4, 0.5) is 10.5 Å². The summed E-state index contributed by atoms with van der Waals surface area (Å²) in [7, 11) is 1.34. The van der Waals surface area contributed by atoms with Crippen LogP contribution in [0.5, 0.6) is 0 Å². The van der Waals surface area contributed by atoms with E-state index in [-0.39, 0.29) is 37.3 Å². The lowest BCUT2D eigenvalue weighted by Crippen LogP contribution is -2.37. The molecule has 0 aliphatic carbocycles. The van der Waals surface area contributed by atoms with Crippen molar-refractivity contribution in [1.29, 1.82) is 0 Å². The first-order chi connectivity index (χ1) is 12.0. The maximum Gasteiger partial charge on any atom is 0.409 e. The Morgan fingerprint density at radius 2 is 1.84 bits per heavy atom. The molecule has 0 spiro atoms. The normalized spacial score (nSPS) is 16.7. The molecule has 0 unspecified atom stereocenters. The summed E-state index contributed by atoms with van der Waals surface area (Å²) < 4.78 is 4.74. The predicted octanol–water partition coefficient (Wildman–Crippen LogP) is 0.899. The van der Waals surface area contributed by atoms with Crippen LogP contribution in [-0.2, 0) is 32.1 Å². The van der Waals surface area contributed by atoms with Gasteiger partial charge in [0.1, 0.15) is 6.54 Å². The molecule has 8 heteroatoms. The van der Waals surface area contributed by atoms with Gasteiger partial charge in [0.2, 0.25) is 17.7 Å². The average Bonchev–Trinajstić information content (AvgIpc) is 2.92. The number of hydrogen-bond donors (Lipinski definition) is 1. The zero-order valence-electron chi connectivity index (χ0n) is 13.9. The molecule has 8 nitrogen and oxygen atoms in total. The van der Waals surface area contributed by atoms with Crippen molar-refractivity contribution in [2.45, 2.75) is 25.8 Å². The summed E-state index contributed by atoms with van der Waals surface area (Å²) >= 11 is 0. The molecule has 1 saturated heterocycles. The molecule has 0 bridgehead atoms. The highest BCUT2D eigenvalue weighted by atomic mass is 16.5. The first-order valence-electron chi connectivity index (χ1n) is 8.05. The van der Waals surface area contributed by atoms with Crippen molar-refractivity contribution in [3.05, 3.63) is 29.3 Å². The quantitative estimate of drug-likeness (QED) is 0.821. The van der Waals surface area contributed by atoms with Crippen molar-refractivity contribution in [2.75, 3.05) is 25.5 Å². The highest BCUT2D eigenvalue weighted by molar-refractivity contribution is 6.06. The van der Waals surface area contributed by atoms with Crippen molar-refractivity contribution in [1.82, 2.24) is 9.80 Å². The Balaban J connectivity index is 1.66. The van der Waals surface area contributed by atoms with Gasteiger partial charge in [-0.05, 0) is 29.7 Å². The number of nitrogens with one attached hydrogen (secondary N) is 1. The molecule has 1 aromatic rings. The van der Waals surface area contributed by atoms with Crippen LogP contribution in [0, 0.1) is 0 Å². The van der Waals surface area contributed by atoms with Crippen LogP contribution in [0.25, 0.3) is 0 Å². The number of fused-ring (bicyclic) bond motifs is 1. The van der Waals surface area contributed by atoms with Crippen LogP contribution in [0.15, 0.2) is 18.2 Å². The molecular formula is C17H19N3O5. The molecule has 3 rings (SSSR count). The van der Waals surface area contributed by atoms with E-state index < -0.39 is 5.91 Å². The number of likely N-dealkylation sites (tertiary alicyclic amines) is 1. The topological polar surface area (TPSA) is 96.0 Å². The van der Waals surface area contributed by atoms with E-state index in [2.05, 4.69) is 5.32 Å². The number of imide groups is 1. The van der Waals surface area contributed by atoms with Gasteiger partial charge in [0.25, 0.3) is 0 Å². The van der Waals surface area contributed by atoms with E-state index in [1.165, 1.54) is 7.11 Å². The third kappa shape index (κ3) is 3.62. The molecule has 0 radical (unpaired) electrons. The minimum absolute atomic E-state index is 0.161. The molecule has 0 aromatic heterocycles. The second kappa shape index (κ2) is 6.92. The number of anilines is 1. The maximum atomic E-state index is 12.1. The van der Waals surface area contributed by atoms with Gasteiger partial charge in [0.15, 0.2) is 0 Å². The molecule has 1 aromatic carbocycles. The van der Waals surface area contributed by atoms with Gasteiger partial charge in [0.05, 0.1) is 7.11 Å². The fourth-order valence-corrected chi connectivity index (χ4v) is 3.06. The Labute approximate surface area is 144 Å². The van der Waals surface area contributed by atoms with Crippen LogP contribution in [0.3, 0.4) is 0 Å². The highest BCUT2D eigenvalue weighted by Crippen LogP contribution is 2.23. The molecule has 1 fully saturated rings. The molecule has 2 aliphatic rings. The number of hydrogen-bond acceptors (Lipinski definition) is 5. The van der Waals surface area contributed by atoms with E-state index in [0.29, 0.717) is 18.8 Å². The summed E-state index contributed by atoms with van der Waals surface area (Å²) in [5, 5.41) is 2.70.